The smallest absolute Gasteiger partial charge is 0.196 e. The molecule has 156 valence electrons. The number of nitrogens with zero attached hydrogens (tertiary/aromatic N) is 2. The molecule has 0 N–H and O–H groups in total. The molecule has 1 aliphatic rings. The lowest BCUT2D eigenvalue weighted by atomic mass is 9.76. The second-order valence-corrected chi connectivity index (χ2v) is 9.52. The van der Waals surface area contributed by atoms with Crippen LogP contribution in [0.15, 0.2) is 76.0 Å². The van der Waals surface area contributed by atoms with Crippen LogP contribution in [0.1, 0.15) is 42.3 Å². The molecule has 3 aromatic rings. The minimum atomic E-state index is 0.0665. The summed E-state index contributed by atoms with van der Waals surface area (Å²) in [5.74, 6) is 0. The number of hydrogen-bond donors (Lipinski definition) is 0. The van der Waals surface area contributed by atoms with Crippen LogP contribution in [0.4, 0.5) is 0 Å². The third-order valence-corrected chi connectivity index (χ3v) is 7.30. The zero-order valence-electron chi connectivity index (χ0n) is 17.8. The highest BCUT2D eigenvalue weighted by Crippen LogP contribution is 2.34. The van der Waals surface area contributed by atoms with Crippen LogP contribution in [0.3, 0.4) is 0 Å². The standard InChI is InChI=1S/C26H29BrN2O/c1-26(21-12-7-4-8-13-21)14-9-15-29(19-26)18-23-25(27)24(30)17-22(28(23)2)16-20-10-5-3-6-11-20/h3-8,10-13,17H,9,14-16,18-19H2,1-2H3. The van der Waals surface area contributed by atoms with Gasteiger partial charge in [-0.3, -0.25) is 9.69 Å². The van der Waals surface area contributed by atoms with E-state index in [4.69, 9.17) is 0 Å². The van der Waals surface area contributed by atoms with Crippen LogP contribution in [0, 0.1) is 0 Å². The Morgan fingerprint density at radius 3 is 2.40 bits per heavy atom. The van der Waals surface area contributed by atoms with Gasteiger partial charge in [0.05, 0.1) is 4.47 Å². The molecule has 0 aliphatic carbocycles. The van der Waals surface area contributed by atoms with Gasteiger partial charge in [-0.05, 0) is 46.4 Å². The minimum absolute atomic E-state index is 0.0665. The van der Waals surface area contributed by atoms with E-state index in [0.717, 1.165) is 37.4 Å². The monoisotopic (exact) mass is 464 g/mol. The zero-order valence-corrected chi connectivity index (χ0v) is 19.4. The van der Waals surface area contributed by atoms with Gasteiger partial charge in [0.1, 0.15) is 0 Å². The second kappa shape index (κ2) is 8.91. The lowest BCUT2D eigenvalue weighted by Crippen LogP contribution is -2.44. The average molecular weight is 465 g/mol. The molecule has 0 spiro atoms. The highest BCUT2D eigenvalue weighted by Gasteiger charge is 2.33. The number of aromatic nitrogens is 1. The van der Waals surface area contributed by atoms with Crippen LogP contribution in [0.2, 0.25) is 0 Å². The molecule has 2 heterocycles. The van der Waals surface area contributed by atoms with Crippen LogP contribution < -0.4 is 5.43 Å². The van der Waals surface area contributed by atoms with E-state index in [1.54, 1.807) is 6.07 Å². The predicted molar refractivity (Wildman–Crippen MR) is 127 cm³/mol. The molecule has 30 heavy (non-hydrogen) atoms. The number of likely N-dealkylation sites (tertiary alicyclic amines) is 1. The van der Waals surface area contributed by atoms with Crippen molar-refractivity contribution in [3.63, 3.8) is 0 Å². The van der Waals surface area contributed by atoms with Gasteiger partial charge in [0, 0.05) is 49.4 Å². The number of halogens is 1. The Balaban J connectivity index is 1.60. The molecular weight excluding hydrogens is 436 g/mol. The Kier molecular flexibility index (Phi) is 6.26. The maximum absolute atomic E-state index is 12.7. The van der Waals surface area contributed by atoms with Gasteiger partial charge in [-0.1, -0.05) is 67.6 Å². The van der Waals surface area contributed by atoms with Crippen LogP contribution >= 0.6 is 15.9 Å². The lowest BCUT2D eigenvalue weighted by molar-refractivity contribution is 0.146. The summed E-state index contributed by atoms with van der Waals surface area (Å²) in [7, 11) is 2.08. The van der Waals surface area contributed by atoms with E-state index in [1.807, 2.05) is 18.2 Å². The molecule has 0 radical (unpaired) electrons. The van der Waals surface area contributed by atoms with E-state index in [9.17, 15) is 4.79 Å². The summed E-state index contributed by atoms with van der Waals surface area (Å²) in [6.07, 6.45) is 3.12. The van der Waals surface area contributed by atoms with E-state index >= 15 is 0 Å². The summed E-state index contributed by atoms with van der Waals surface area (Å²) in [6.45, 7) is 5.21. The Morgan fingerprint density at radius 1 is 1.03 bits per heavy atom. The molecule has 0 saturated carbocycles. The first kappa shape index (κ1) is 21.1. The van der Waals surface area contributed by atoms with Crippen molar-refractivity contribution in [3.8, 4) is 0 Å². The van der Waals surface area contributed by atoms with Crippen LogP contribution in [-0.2, 0) is 25.4 Å². The van der Waals surface area contributed by atoms with Gasteiger partial charge in [-0.25, -0.2) is 0 Å². The molecule has 1 atom stereocenters. The third kappa shape index (κ3) is 4.45. The molecule has 0 bridgehead atoms. The fourth-order valence-corrected chi connectivity index (χ4v) is 5.20. The minimum Gasteiger partial charge on any atom is -0.349 e. The van der Waals surface area contributed by atoms with Crippen molar-refractivity contribution in [1.29, 1.82) is 0 Å². The highest BCUT2D eigenvalue weighted by atomic mass is 79.9. The molecule has 1 aromatic heterocycles. The molecule has 3 nitrogen and oxygen atoms in total. The fourth-order valence-electron chi connectivity index (χ4n) is 4.69. The first-order chi connectivity index (χ1) is 14.5. The maximum atomic E-state index is 12.7. The normalized spacial score (nSPS) is 19.7. The van der Waals surface area contributed by atoms with Crippen molar-refractivity contribution in [1.82, 2.24) is 9.47 Å². The van der Waals surface area contributed by atoms with Gasteiger partial charge in [-0.15, -0.1) is 0 Å². The Hall–Kier alpha value is -2.17. The summed E-state index contributed by atoms with van der Waals surface area (Å²) in [5, 5.41) is 0. The lowest BCUT2D eigenvalue weighted by Gasteiger charge is -2.41. The topological polar surface area (TPSA) is 25.2 Å². The number of benzene rings is 2. The SMILES string of the molecule is Cn1c(Cc2ccccc2)cc(=O)c(Br)c1CN1CCCC(C)(c2ccccc2)C1. The molecule has 0 amide bonds. The first-order valence-corrected chi connectivity index (χ1v) is 11.4. The quantitative estimate of drug-likeness (QED) is 0.512. The number of rotatable bonds is 5. The highest BCUT2D eigenvalue weighted by molar-refractivity contribution is 9.10. The summed E-state index contributed by atoms with van der Waals surface area (Å²) >= 11 is 3.59. The molecule has 4 heteroatoms. The Labute approximate surface area is 187 Å². The molecule has 2 aromatic carbocycles. The van der Waals surface area contributed by atoms with E-state index in [0.29, 0.717) is 4.47 Å². The van der Waals surface area contributed by atoms with Crippen molar-refractivity contribution >= 4 is 15.9 Å². The third-order valence-electron chi connectivity index (χ3n) is 6.45. The largest absolute Gasteiger partial charge is 0.349 e. The van der Waals surface area contributed by atoms with Crippen LogP contribution in [-0.4, -0.2) is 22.6 Å². The number of pyridine rings is 1. The second-order valence-electron chi connectivity index (χ2n) is 8.72. The Morgan fingerprint density at radius 2 is 1.70 bits per heavy atom. The van der Waals surface area contributed by atoms with Crippen molar-refractivity contribution in [2.24, 2.45) is 7.05 Å². The van der Waals surface area contributed by atoms with Gasteiger partial charge >= 0.3 is 0 Å². The zero-order chi connectivity index (χ0) is 21.1. The summed E-state index contributed by atoms with van der Waals surface area (Å²) in [5.41, 5.74) is 4.94. The predicted octanol–water partition coefficient (Wildman–Crippen LogP) is 5.29. The fraction of sp³-hybridized carbons (Fsp3) is 0.346. The van der Waals surface area contributed by atoms with Crippen LogP contribution in [0.5, 0.6) is 0 Å². The van der Waals surface area contributed by atoms with E-state index < -0.39 is 0 Å². The van der Waals surface area contributed by atoms with E-state index in [-0.39, 0.29) is 10.8 Å². The van der Waals surface area contributed by atoms with Gasteiger partial charge in [-0.2, -0.15) is 0 Å². The summed E-state index contributed by atoms with van der Waals surface area (Å²) < 4.78 is 2.89. The molecule has 1 aliphatic heterocycles. The van der Waals surface area contributed by atoms with Crippen molar-refractivity contribution < 1.29 is 0 Å². The number of piperidine rings is 1. The van der Waals surface area contributed by atoms with Crippen molar-refractivity contribution in [2.45, 2.75) is 38.1 Å². The van der Waals surface area contributed by atoms with Crippen molar-refractivity contribution in [3.05, 3.63) is 104 Å². The first-order valence-electron chi connectivity index (χ1n) is 10.7. The van der Waals surface area contributed by atoms with E-state index in [1.165, 1.54) is 24.0 Å². The van der Waals surface area contributed by atoms with E-state index in [2.05, 4.69) is 81.8 Å². The van der Waals surface area contributed by atoms with Gasteiger partial charge in [0.2, 0.25) is 0 Å². The molecule has 1 saturated heterocycles. The maximum Gasteiger partial charge on any atom is 0.196 e. The molecule has 4 rings (SSSR count). The van der Waals surface area contributed by atoms with Crippen LogP contribution in [0.25, 0.3) is 0 Å². The summed E-state index contributed by atoms with van der Waals surface area (Å²) in [4.78, 5) is 15.2. The van der Waals surface area contributed by atoms with Gasteiger partial charge in [0.15, 0.2) is 5.43 Å². The average Bonchev–Trinajstić information content (AvgIpc) is 2.76. The molecule has 1 fully saturated rings. The molecule has 1 unspecified atom stereocenters. The Bertz CT molecular complexity index is 1060. The van der Waals surface area contributed by atoms with Gasteiger partial charge in [0.25, 0.3) is 0 Å². The van der Waals surface area contributed by atoms with Gasteiger partial charge < -0.3 is 4.57 Å². The number of hydrogen-bond acceptors (Lipinski definition) is 2. The molecular formula is C26H29BrN2O. The summed E-state index contributed by atoms with van der Waals surface area (Å²) in [6, 6.07) is 22.9. The van der Waals surface area contributed by atoms with Crippen molar-refractivity contribution in [2.75, 3.05) is 13.1 Å².